The minimum absolute atomic E-state index is 0.153. The van der Waals surface area contributed by atoms with Crippen LogP contribution in [0.5, 0.6) is 0 Å². The number of carboxylic acid groups (broad SMARTS) is 3. The first kappa shape index (κ1) is 23.2. The number of nitrogens with zero attached hydrogens (tertiary/aromatic N) is 3. The Kier molecular flexibility index (Phi) is 9.55. The molecular weight excluding hydrogens is 366 g/mol. The van der Waals surface area contributed by atoms with E-state index in [9.17, 15) is 29.7 Å². The Morgan fingerprint density at radius 1 is 0.556 bits per heavy atom. The van der Waals surface area contributed by atoms with Crippen molar-refractivity contribution in [1.82, 2.24) is 14.7 Å². The van der Waals surface area contributed by atoms with Crippen LogP contribution in [-0.2, 0) is 14.4 Å². The van der Waals surface area contributed by atoms with E-state index in [1.165, 1.54) is 0 Å². The molecule has 6 N–H and O–H groups in total. The van der Waals surface area contributed by atoms with E-state index in [-0.39, 0.29) is 19.6 Å². The molecule has 0 amide bonds. The Morgan fingerprint density at radius 3 is 0.889 bits per heavy atom. The van der Waals surface area contributed by atoms with Gasteiger partial charge in [0.1, 0.15) is 0 Å². The molecule has 0 aliphatic carbocycles. The lowest BCUT2D eigenvalue weighted by atomic mass is 10.3. The number of aliphatic hydroxyl groups is 3. The van der Waals surface area contributed by atoms with Crippen molar-refractivity contribution in [3.05, 3.63) is 0 Å². The number of hydrogen-bond acceptors (Lipinski definition) is 9. The lowest BCUT2D eigenvalue weighted by molar-refractivity contribution is -0.148. The third kappa shape index (κ3) is 8.60. The largest absolute Gasteiger partial charge is 0.479 e. The van der Waals surface area contributed by atoms with E-state index in [1.54, 1.807) is 14.7 Å². The Hall–Kier alpha value is -1.83. The van der Waals surface area contributed by atoms with E-state index < -0.39 is 36.2 Å². The topological polar surface area (TPSA) is 182 Å². The zero-order valence-electron chi connectivity index (χ0n) is 14.8. The molecule has 0 spiro atoms. The van der Waals surface area contributed by atoms with Gasteiger partial charge in [0.2, 0.25) is 0 Å². The smallest absolute Gasteiger partial charge is 0.333 e. The van der Waals surface area contributed by atoms with E-state index in [1.807, 2.05) is 0 Å². The lowest BCUT2D eigenvalue weighted by Gasteiger charge is -2.27. The molecule has 1 heterocycles. The molecular formula is C15H27N3O9. The van der Waals surface area contributed by atoms with Crippen LogP contribution in [0.3, 0.4) is 0 Å². The Morgan fingerprint density at radius 2 is 0.741 bits per heavy atom. The molecule has 12 nitrogen and oxygen atoms in total. The number of hydrogen-bond donors (Lipinski definition) is 6. The summed E-state index contributed by atoms with van der Waals surface area (Å²) < 4.78 is 0. The number of carbonyl (C=O) groups is 3. The van der Waals surface area contributed by atoms with Crippen molar-refractivity contribution in [2.75, 3.05) is 58.9 Å². The van der Waals surface area contributed by atoms with E-state index >= 15 is 0 Å². The van der Waals surface area contributed by atoms with Crippen molar-refractivity contribution < 1.29 is 45.0 Å². The number of aliphatic carboxylic acids is 3. The zero-order chi connectivity index (χ0) is 20.6. The van der Waals surface area contributed by atoms with Crippen molar-refractivity contribution in [2.24, 2.45) is 0 Å². The third-order valence-corrected chi connectivity index (χ3v) is 4.35. The molecule has 0 saturated carbocycles. The van der Waals surface area contributed by atoms with Crippen LogP contribution in [0.25, 0.3) is 0 Å². The first-order chi connectivity index (χ1) is 12.6. The van der Waals surface area contributed by atoms with Gasteiger partial charge in [-0.1, -0.05) is 0 Å². The van der Waals surface area contributed by atoms with E-state index in [0.717, 1.165) is 0 Å². The van der Waals surface area contributed by atoms with Crippen LogP contribution >= 0.6 is 0 Å². The lowest BCUT2D eigenvalue weighted by Crippen LogP contribution is -2.44. The third-order valence-electron chi connectivity index (χ3n) is 4.35. The van der Waals surface area contributed by atoms with Gasteiger partial charge >= 0.3 is 17.9 Å². The van der Waals surface area contributed by atoms with E-state index in [0.29, 0.717) is 39.3 Å². The van der Waals surface area contributed by atoms with Gasteiger partial charge in [-0.25, -0.2) is 14.4 Å². The fourth-order valence-electron chi connectivity index (χ4n) is 2.70. The van der Waals surface area contributed by atoms with Gasteiger partial charge in [0, 0.05) is 58.9 Å². The zero-order valence-corrected chi connectivity index (χ0v) is 14.8. The maximum Gasteiger partial charge on any atom is 0.333 e. The fourth-order valence-corrected chi connectivity index (χ4v) is 2.70. The van der Waals surface area contributed by atoms with E-state index in [2.05, 4.69) is 0 Å². The summed E-state index contributed by atoms with van der Waals surface area (Å²) in [5.41, 5.74) is 0. The average molecular weight is 393 g/mol. The highest BCUT2D eigenvalue weighted by molar-refractivity contribution is 5.72. The first-order valence-corrected chi connectivity index (χ1v) is 8.49. The summed E-state index contributed by atoms with van der Waals surface area (Å²) >= 11 is 0. The summed E-state index contributed by atoms with van der Waals surface area (Å²) in [6.07, 6.45) is -4.79. The molecule has 1 aliphatic heterocycles. The molecule has 0 aromatic heterocycles. The van der Waals surface area contributed by atoms with Crippen LogP contribution < -0.4 is 0 Å². The molecule has 1 rings (SSSR count). The van der Waals surface area contributed by atoms with Crippen LogP contribution in [-0.4, -0.2) is 140 Å². The average Bonchev–Trinajstić information content (AvgIpc) is 2.67. The Labute approximate surface area is 155 Å². The fraction of sp³-hybridized carbons (Fsp3) is 0.800. The molecule has 0 bridgehead atoms. The highest BCUT2D eigenvalue weighted by Crippen LogP contribution is 2.04. The van der Waals surface area contributed by atoms with Gasteiger partial charge in [-0.15, -0.1) is 0 Å². The van der Waals surface area contributed by atoms with Gasteiger partial charge in [0.05, 0.1) is 0 Å². The van der Waals surface area contributed by atoms with Gasteiger partial charge in [-0.05, 0) is 0 Å². The summed E-state index contributed by atoms with van der Waals surface area (Å²) in [7, 11) is 0. The molecule has 0 radical (unpaired) electrons. The maximum atomic E-state index is 10.9. The number of carboxylic acids is 3. The predicted molar refractivity (Wildman–Crippen MR) is 90.2 cm³/mol. The maximum absolute atomic E-state index is 10.9. The molecule has 156 valence electrons. The molecule has 12 heteroatoms. The molecule has 0 aromatic rings. The van der Waals surface area contributed by atoms with Gasteiger partial charge in [-0.2, -0.15) is 0 Å². The van der Waals surface area contributed by atoms with Gasteiger partial charge < -0.3 is 30.6 Å². The van der Waals surface area contributed by atoms with Crippen molar-refractivity contribution in [3.8, 4) is 0 Å². The molecule has 3 atom stereocenters. The molecule has 0 aromatic carbocycles. The van der Waals surface area contributed by atoms with Crippen molar-refractivity contribution >= 4 is 17.9 Å². The van der Waals surface area contributed by atoms with E-state index in [4.69, 9.17) is 15.3 Å². The Balaban J connectivity index is 2.81. The second kappa shape index (κ2) is 11.1. The van der Waals surface area contributed by atoms with Crippen molar-refractivity contribution in [2.45, 2.75) is 18.3 Å². The van der Waals surface area contributed by atoms with Gasteiger partial charge in [0.15, 0.2) is 18.3 Å². The summed E-state index contributed by atoms with van der Waals surface area (Å²) in [5.74, 6) is -4.11. The quantitative estimate of drug-likeness (QED) is 0.225. The normalized spacial score (nSPS) is 21.4. The molecule has 1 fully saturated rings. The number of aliphatic hydroxyl groups excluding tert-OH is 3. The van der Waals surface area contributed by atoms with Crippen LogP contribution in [0.4, 0.5) is 0 Å². The minimum Gasteiger partial charge on any atom is -0.479 e. The monoisotopic (exact) mass is 393 g/mol. The molecule has 1 aliphatic rings. The van der Waals surface area contributed by atoms with Gasteiger partial charge in [0.25, 0.3) is 0 Å². The van der Waals surface area contributed by atoms with Crippen LogP contribution in [0.2, 0.25) is 0 Å². The number of β-amino-alcohol motifs (C(OH)–C–C–N with tert-alkyl or cyclic N) is 3. The molecule has 0 unspecified atom stereocenters. The highest BCUT2D eigenvalue weighted by Gasteiger charge is 2.25. The van der Waals surface area contributed by atoms with Gasteiger partial charge in [-0.3, -0.25) is 14.7 Å². The second-order valence-electron chi connectivity index (χ2n) is 6.46. The van der Waals surface area contributed by atoms with Crippen LogP contribution in [0, 0.1) is 0 Å². The van der Waals surface area contributed by atoms with Crippen molar-refractivity contribution in [1.29, 1.82) is 0 Å². The standard InChI is InChI=1S/C15H27N3O9/c19-10(13(22)23)7-16-1-2-17(8-11(20)14(24)25)5-6-18(4-3-16)9-12(21)15(26)27/h10-12,19-21H,1-9H2,(H,22,23)(H,24,25)(H,26,27)/t10-,11-,12-/m1/s1. The summed E-state index contributed by atoms with van der Waals surface area (Å²) in [6, 6.07) is 0. The Bertz CT molecular complexity index is 435. The minimum atomic E-state index is -1.60. The first-order valence-electron chi connectivity index (χ1n) is 8.49. The van der Waals surface area contributed by atoms with Crippen LogP contribution in [0.1, 0.15) is 0 Å². The predicted octanol–water partition coefficient (Wildman–Crippen LogP) is -3.76. The molecule has 1 saturated heterocycles. The summed E-state index contributed by atoms with van der Waals surface area (Å²) in [4.78, 5) is 37.6. The number of rotatable bonds is 9. The summed E-state index contributed by atoms with van der Waals surface area (Å²) in [5, 5.41) is 55.3. The highest BCUT2D eigenvalue weighted by atomic mass is 16.4. The van der Waals surface area contributed by atoms with Crippen LogP contribution in [0.15, 0.2) is 0 Å². The summed E-state index contributed by atoms with van der Waals surface area (Å²) in [6.45, 7) is 1.49. The molecule has 27 heavy (non-hydrogen) atoms. The van der Waals surface area contributed by atoms with Crippen molar-refractivity contribution in [3.63, 3.8) is 0 Å². The second-order valence-corrected chi connectivity index (χ2v) is 6.46. The SMILES string of the molecule is O=C(O)[C@H](O)CN1CCN(C[C@@H](O)C(=O)O)CCN(C[C@@H](O)C(=O)O)CC1.